The summed E-state index contributed by atoms with van der Waals surface area (Å²) in [6.07, 6.45) is 2.03. The van der Waals surface area contributed by atoms with Gasteiger partial charge in [-0.15, -0.1) is 0 Å². The molecule has 0 aliphatic heterocycles. The summed E-state index contributed by atoms with van der Waals surface area (Å²) in [5.41, 5.74) is 2.21. The van der Waals surface area contributed by atoms with Gasteiger partial charge in [0, 0.05) is 24.9 Å². The standard InChI is InChI=1S/C18H19NO4/c1-11-16-14(20)4-3-5-15(16)23-17(11)18(21)19-10-12-6-8-13(22-2)9-7-12/h6-9H,3-5,10H2,1-2H3,(H,19,21). The van der Waals surface area contributed by atoms with Gasteiger partial charge in [0.15, 0.2) is 11.5 Å². The van der Waals surface area contributed by atoms with Crippen LogP contribution in [0.2, 0.25) is 0 Å². The number of carbonyl (C=O) groups is 2. The van der Waals surface area contributed by atoms with E-state index in [4.69, 9.17) is 9.15 Å². The average Bonchev–Trinajstić information content (AvgIpc) is 2.91. The van der Waals surface area contributed by atoms with Gasteiger partial charge in [0.2, 0.25) is 0 Å². The molecule has 0 saturated heterocycles. The summed E-state index contributed by atoms with van der Waals surface area (Å²) in [7, 11) is 1.61. The van der Waals surface area contributed by atoms with Gasteiger partial charge < -0.3 is 14.5 Å². The van der Waals surface area contributed by atoms with Crippen molar-refractivity contribution in [2.24, 2.45) is 0 Å². The molecule has 0 unspecified atom stereocenters. The molecule has 0 atom stereocenters. The zero-order valence-electron chi connectivity index (χ0n) is 13.3. The lowest BCUT2D eigenvalue weighted by molar-refractivity contribution is 0.0917. The Balaban J connectivity index is 1.72. The van der Waals surface area contributed by atoms with Crippen LogP contribution in [0.3, 0.4) is 0 Å². The second kappa shape index (κ2) is 6.28. The van der Waals surface area contributed by atoms with Crippen molar-refractivity contribution >= 4 is 11.7 Å². The largest absolute Gasteiger partial charge is 0.497 e. The van der Waals surface area contributed by atoms with Gasteiger partial charge in [-0.25, -0.2) is 0 Å². The Morgan fingerprint density at radius 1 is 1.26 bits per heavy atom. The molecular weight excluding hydrogens is 294 g/mol. The molecule has 0 saturated carbocycles. The fourth-order valence-corrected chi connectivity index (χ4v) is 2.87. The number of ketones is 1. The van der Waals surface area contributed by atoms with Gasteiger partial charge in [0.05, 0.1) is 12.7 Å². The topological polar surface area (TPSA) is 68.5 Å². The average molecular weight is 313 g/mol. The second-order valence-electron chi connectivity index (χ2n) is 5.66. The molecule has 2 aromatic rings. The van der Waals surface area contributed by atoms with Crippen molar-refractivity contribution in [3.05, 3.63) is 52.5 Å². The van der Waals surface area contributed by atoms with Gasteiger partial charge in [-0.1, -0.05) is 12.1 Å². The number of rotatable bonds is 4. The van der Waals surface area contributed by atoms with Crippen LogP contribution in [0.15, 0.2) is 28.7 Å². The van der Waals surface area contributed by atoms with Crippen LogP contribution >= 0.6 is 0 Å². The summed E-state index contributed by atoms with van der Waals surface area (Å²) in [5.74, 6) is 1.45. The summed E-state index contributed by atoms with van der Waals surface area (Å²) in [6.45, 7) is 2.16. The molecule has 1 aliphatic rings. The molecule has 0 radical (unpaired) electrons. The Kier molecular flexibility index (Phi) is 4.19. The summed E-state index contributed by atoms with van der Waals surface area (Å²) in [6, 6.07) is 7.47. The first-order valence-electron chi connectivity index (χ1n) is 7.66. The van der Waals surface area contributed by atoms with Crippen molar-refractivity contribution in [1.29, 1.82) is 0 Å². The van der Waals surface area contributed by atoms with E-state index in [2.05, 4.69) is 5.32 Å². The smallest absolute Gasteiger partial charge is 0.287 e. The van der Waals surface area contributed by atoms with Gasteiger partial charge in [0.25, 0.3) is 5.91 Å². The summed E-state index contributed by atoms with van der Waals surface area (Å²) in [5, 5.41) is 2.83. The lowest BCUT2D eigenvalue weighted by atomic mass is 9.94. The van der Waals surface area contributed by atoms with Crippen molar-refractivity contribution in [1.82, 2.24) is 5.32 Å². The quantitative estimate of drug-likeness (QED) is 0.942. The number of furan rings is 1. The van der Waals surface area contributed by atoms with Crippen LogP contribution in [0, 0.1) is 6.92 Å². The van der Waals surface area contributed by atoms with Gasteiger partial charge in [-0.2, -0.15) is 0 Å². The minimum atomic E-state index is -0.291. The molecule has 1 heterocycles. The van der Waals surface area contributed by atoms with Crippen LogP contribution < -0.4 is 10.1 Å². The number of hydrogen-bond donors (Lipinski definition) is 1. The highest BCUT2D eigenvalue weighted by molar-refractivity contribution is 6.03. The van der Waals surface area contributed by atoms with E-state index in [0.717, 1.165) is 17.7 Å². The number of nitrogens with one attached hydrogen (secondary N) is 1. The molecule has 1 N–H and O–H groups in total. The number of methoxy groups -OCH3 is 1. The van der Waals surface area contributed by atoms with E-state index in [1.165, 1.54) is 0 Å². The summed E-state index contributed by atoms with van der Waals surface area (Å²) < 4.78 is 10.7. The van der Waals surface area contributed by atoms with Gasteiger partial charge in [-0.3, -0.25) is 9.59 Å². The molecule has 1 aromatic carbocycles. The van der Waals surface area contributed by atoms with Crippen LogP contribution in [-0.4, -0.2) is 18.8 Å². The molecule has 5 nitrogen and oxygen atoms in total. The van der Waals surface area contributed by atoms with Gasteiger partial charge in [0.1, 0.15) is 11.5 Å². The number of carbonyl (C=O) groups excluding carboxylic acids is 2. The van der Waals surface area contributed by atoms with Gasteiger partial charge >= 0.3 is 0 Å². The van der Waals surface area contributed by atoms with Crippen molar-refractivity contribution < 1.29 is 18.7 Å². The van der Waals surface area contributed by atoms with E-state index in [0.29, 0.717) is 36.3 Å². The maximum atomic E-state index is 12.3. The zero-order valence-corrected chi connectivity index (χ0v) is 13.3. The van der Waals surface area contributed by atoms with Crippen LogP contribution in [0.4, 0.5) is 0 Å². The minimum Gasteiger partial charge on any atom is -0.497 e. The third-order valence-corrected chi connectivity index (χ3v) is 4.12. The van der Waals surface area contributed by atoms with E-state index in [9.17, 15) is 9.59 Å². The van der Waals surface area contributed by atoms with E-state index in [1.54, 1.807) is 14.0 Å². The fourth-order valence-electron chi connectivity index (χ4n) is 2.87. The zero-order chi connectivity index (χ0) is 16.4. The van der Waals surface area contributed by atoms with Crippen molar-refractivity contribution in [3.8, 4) is 5.75 Å². The molecule has 120 valence electrons. The number of ether oxygens (including phenoxy) is 1. The summed E-state index contributed by atoms with van der Waals surface area (Å²) in [4.78, 5) is 24.3. The van der Waals surface area contributed by atoms with Crippen LogP contribution in [0.25, 0.3) is 0 Å². The molecular formula is C18H19NO4. The molecule has 1 amide bonds. The monoisotopic (exact) mass is 313 g/mol. The third kappa shape index (κ3) is 2.99. The highest BCUT2D eigenvalue weighted by Crippen LogP contribution is 2.29. The van der Waals surface area contributed by atoms with Crippen molar-refractivity contribution in [2.75, 3.05) is 7.11 Å². The number of benzene rings is 1. The number of hydrogen-bond acceptors (Lipinski definition) is 4. The molecule has 0 spiro atoms. The van der Waals surface area contributed by atoms with E-state index in [-0.39, 0.29) is 17.5 Å². The Morgan fingerprint density at radius 2 is 2.00 bits per heavy atom. The number of fused-ring (bicyclic) bond motifs is 1. The van der Waals surface area contributed by atoms with Gasteiger partial charge in [-0.05, 0) is 31.0 Å². The lowest BCUT2D eigenvalue weighted by Gasteiger charge is -2.07. The summed E-state index contributed by atoms with van der Waals surface area (Å²) >= 11 is 0. The predicted octanol–water partition coefficient (Wildman–Crippen LogP) is 3.05. The second-order valence-corrected chi connectivity index (χ2v) is 5.66. The van der Waals surface area contributed by atoms with Crippen LogP contribution in [-0.2, 0) is 13.0 Å². The lowest BCUT2D eigenvalue weighted by Crippen LogP contribution is -2.23. The SMILES string of the molecule is COc1ccc(CNC(=O)c2oc3c(c2C)C(=O)CCC3)cc1. The third-order valence-electron chi connectivity index (χ3n) is 4.12. The fraction of sp³-hybridized carbons (Fsp3) is 0.333. The molecule has 1 aliphatic carbocycles. The van der Waals surface area contributed by atoms with E-state index >= 15 is 0 Å². The molecule has 5 heteroatoms. The first-order chi connectivity index (χ1) is 11.1. The Morgan fingerprint density at radius 3 is 2.65 bits per heavy atom. The molecule has 1 aromatic heterocycles. The Bertz CT molecular complexity index is 743. The molecule has 0 fully saturated rings. The normalized spacial score (nSPS) is 13.6. The van der Waals surface area contributed by atoms with E-state index < -0.39 is 0 Å². The van der Waals surface area contributed by atoms with Crippen LogP contribution in [0.5, 0.6) is 5.75 Å². The predicted molar refractivity (Wildman–Crippen MR) is 84.9 cm³/mol. The Hall–Kier alpha value is -2.56. The van der Waals surface area contributed by atoms with E-state index in [1.807, 2.05) is 24.3 Å². The number of aryl methyl sites for hydroxylation is 1. The van der Waals surface area contributed by atoms with Crippen molar-refractivity contribution in [2.45, 2.75) is 32.7 Å². The first kappa shape index (κ1) is 15.3. The molecule has 23 heavy (non-hydrogen) atoms. The van der Waals surface area contributed by atoms with Crippen molar-refractivity contribution in [3.63, 3.8) is 0 Å². The first-order valence-corrected chi connectivity index (χ1v) is 7.66. The maximum absolute atomic E-state index is 12.3. The highest BCUT2D eigenvalue weighted by Gasteiger charge is 2.28. The number of Topliss-reactive ketones (excluding diaryl/α,β-unsaturated/α-hetero) is 1. The number of amides is 1. The Labute approximate surface area is 134 Å². The minimum absolute atomic E-state index is 0.0710. The maximum Gasteiger partial charge on any atom is 0.287 e. The highest BCUT2D eigenvalue weighted by atomic mass is 16.5. The molecule has 3 rings (SSSR count). The molecule has 0 bridgehead atoms. The van der Waals surface area contributed by atoms with Crippen LogP contribution in [0.1, 0.15) is 50.6 Å².